The molecule has 0 unspecified atom stereocenters. The highest BCUT2D eigenvalue weighted by molar-refractivity contribution is 5.97. The molecule has 3 heteroatoms. The lowest BCUT2D eigenvalue weighted by molar-refractivity contribution is -0.115. The molecule has 3 rings (SSSR count). The van der Waals surface area contributed by atoms with Crippen LogP contribution in [0.25, 0.3) is 11.0 Å². The van der Waals surface area contributed by atoms with Crippen molar-refractivity contribution in [1.29, 1.82) is 0 Å². The van der Waals surface area contributed by atoms with Gasteiger partial charge < -0.3 is 9.73 Å². The summed E-state index contributed by atoms with van der Waals surface area (Å²) in [5.41, 5.74) is 7.23. The minimum absolute atomic E-state index is 0.0281. The van der Waals surface area contributed by atoms with Gasteiger partial charge in [0.05, 0.1) is 12.7 Å². The molecular weight excluding hydrogens is 286 g/mol. The molecule has 0 radical (unpaired) electrons. The predicted molar refractivity (Wildman–Crippen MR) is 93.9 cm³/mol. The van der Waals surface area contributed by atoms with E-state index in [1.165, 1.54) is 5.56 Å². The van der Waals surface area contributed by atoms with Crippen LogP contribution in [0, 0.1) is 27.7 Å². The molecular formula is C20H21NO2. The Kier molecular flexibility index (Phi) is 3.95. The summed E-state index contributed by atoms with van der Waals surface area (Å²) < 4.78 is 5.74. The molecule has 1 aromatic heterocycles. The van der Waals surface area contributed by atoms with E-state index in [0.717, 1.165) is 38.9 Å². The maximum absolute atomic E-state index is 12.4. The monoisotopic (exact) mass is 307 g/mol. The van der Waals surface area contributed by atoms with Crippen molar-refractivity contribution in [3.8, 4) is 0 Å². The maximum Gasteiger partial charge on any atom is 0.228 e. The summed E-state index contributed by atoms with van der Waals surface area (Å²) in [7, 11) is 0. The van der Waals surface area contributed by atoms with Gasteiger partial charge in [-0.25, -0.2) is 0 Å². The molecule has 1 amide bonds. The summed E-state index contributed by atoms with van der Waals surface area (Å²) in [6.07, 6.45) is 2.02. The lowest BCUT2D eigenvalue weighted by atomic mass is 9.99. The molecule has 0 saturated carbocycles. The maximum atomic E-state index is 12.4. The van der Waals surface area contributed by atoms with Gasteiger partial charge in [0.2, 0.25) is 5.91 Å². The highest BCUT2D eigenvalue weighted by atomic mass is 16.3. The molecule has 0 saturated heterocycles. The first kappa shape index (κ1) is 15.3. The second kappa shape index (κ2) is 5.92. The van der Waals surface area contributed by atoms with Gasteiger partial charge in [0.25, 0.3) is 0 Å². The fraction of sp³-hybridized carbons (Fsp3) is 0.250. The Labute approximate surface area is 136 Å². The average Bonchev–Trinajstić information content (AvgIpc) is 2.91. The van der Waals surface area contributed by atoms with Crippen molar-refractivity contribution < 1.29 is 9.21 Å². The first-order valence-electron chi connectivity index (χ1n) is 7.79. The van der Waals surface area contributed by atoms with Crippen molar-refractivity contribution in [2.75, 3.05) is 5.32 Å². The highest BCUT2D eigenvalue weighted by Crippen LogP contribution is 2.30. The van der Waals surface area contributed by atoms with E-state index in [1.54, 1.807) is 6.26 Å². The number of anilines is 1. The smallest absolute Gasteiger partial charge is 0.228 e. The van der Waals surface area contributed by atoms with Gasteiger partial charge in [-0.15, -0.1) is 0 Å². The lowest BCUT2D eigenvalue weighted by Gasteiger charge is -2.08. The van der Waals surface area contributed by atoms with Crippen LogP contribution < -0.4 is 5.32 Å². The van der Waals surface area contributed by atoms with Gasteiger partial charge in [-0.1, -0.05) is 24.3 Å². The van der Waals surface area contributed by atoms with E-state index < -0.39 is 0 Å². The molecule has 0 bridgehead atoms. The third-order valence-corrected chi connectivity index (χ3v) is 4.40. The number of amides is 1. The SMILES string of the molecule is Cc1ccccc1NC(=O)Cc1coc2c(C)c(C)cc(C)c12. The van der Waals surface area contributed by atoms with E-state index >= 15 is 0 Å². The molecule has 0 aliphatic carbocycles. The van der Waals surface area contributed by atoms with Crippen LogP contribution in [0.5, 0.6) is 0 Å². The summed E-state index contributed by atoms with van der Waals surface area (Å²) in [5.74, 6) is -0.0281. The van der Waals surface area contributed by atoms with Crippen LogP contribution in [-0.4, -0.2) is 5.91 Å². The normalized spacial score (nSPS) is 11.0. The van der Waals surface area contributed by atoms with Gasteiger partial charge >= 0.3 is 0 Å². The molecule has 118 valence electrons. The fourth-order valence-electron chi connectivity index (χ4n) is 3.00. The Bertz CT molecular complexity index is 890. The van der Waals surface area contributed by atoms with Crippen molar-refractivity contribution in [2.24, 2.45) is 0 Å². The second-order valence-electron chi connectivity index (χ2n) is 6.14. The van der Waals surface area contributed by atoms with Gasteiger partial charge in [0.15, 0.2) is 0 Å². The number of aryl methyl sites for hydroxylation is 4. The molecule has 0 fully saturated rings. The van der Waals surface area contributed by atoms with E-state index in [4.69, 9.17) is 4.42 Å². The van der Waals surface area contributed by atoms with Gasteiger partial charge in [0, 0.05) is 16.6 Å². The van der Waals surface area contributed by atoms with Gasteiger partial charge in [-0.05, 0) is 56.0 Å². The first-order valence-corrected chi connectivity index (χ1v) is 7.79. The number of furan rings is 1. The van der Waals surface area contributed by atoms with Gasteiger partial charge in [-0.3, -0.25) is 4.79 Å². The van der Waals surface area contributed by atoms with E-state index in [9.17, 15) is 4.79 Å². The molecule has 3 aromatic rings. The van der Waals surface area contributed by atoms with Crippen LogP contribution in [0.3, 0.4) is 0 Å². The summed E-state index contributed by atoms with van der Waals surface area (Å²) in [5, 5.41) is 4.04. The molecule has 1 N–H and O–H groups in total. The number of hydrogen-bond donors (Lipinski definition) is 1. The average molecular weight is 307 g/mol. The Balaban J connectivity index is 1.89. The summed E-state index contributed by atoms with van der Waals surface area (Å²) >= 11 is 0. The largest absolute Gasteiger partial charge is 0.464 e. The molecule has 2 aromatic carbocycles. The Morgan fingerprint density at radius 3 is 2.52 bits per heavy atom. The summed E-state index contributed by atoms with van der Waals surface area (Å²) in [4.78, 5) is 12.4. The number of rotatable bonds is 3. The number of fused-ring (bicyclic) bond motifs is 1. The number of nitrogens with one attached hydrogen (secondary N) is 1. The molecule has 0 aliphatic rings. The van der Waals surface area contributed by atoms with E-state index in [0.29, 0.717) is 6.42 Å². The highest BCUT2D eigenvalue weighted by Gasteiger charge is 2.15. The third kappa shape index (κ3) is 2.87. The molecule has 0 spiro atoms. The number of hydrogen-bond acceptors (Lipinski definition) is 2. The van der Waals surface area contributed by atoms with Crippen molar-refractivity contribution in [2.45, 2.75) is 34.1 Å². The van der Waals surface area contributed by atoms with Crippen molar-refractivity contribution in [3.05, 3.63) is 64.4 Å². The number of para-hydroxylation sites is 1. The third-order valence-electron chi connectivity index (χ3n) is 4.40. The molecule has 23 heavy (non-hydrogen) atoms. The topological polar surface area (TPSA) is 42.2 Å². The van der Waals surface area contributed by atoms with Crippen molar-refractivity contribution >= 4 is 22.6 Å². The van der Waals surface area contributed by atoms with Crippen LogP contribution in [0.2, 0.25) is 0 Å². The van der Waals surface area contributed by atoms with E-state index in [1.807, 2.05) is 31.2 Å². The van der Waals surface area contributed by atoms with E-state index in [2.05, 4.69) is 32.2 Å². The lowest BCUT2D eigenvalue weighted by Crippen LogP contribution is -2.15. The zero-order valence-corrected chi connectivity index (χ0v) is 14.0. The zero-order valence-electron chi connectivity index (χ0n) is 14.0. The zero-order chi connectivity index (χ0) is 16.6. The standard InChI is InChI=1S/C20H21NO2/c1-12-7-5-6-8-17(12)21-18(22)10-16-11-23-20-15(4)13(2)9-14(3)19(16)20/h5-9,11H,10H2,1-4H3,(H,21,22). The number of benzene rings is 2. The van der Waals surface area contributed by atoms with E-state index in [-0.39, 0.29) is 5.91 Å². The Morgan fingerprint density at radius 2 is 1.78 bits per heavy atom. The van der Waals surface area contributed by atoms with Crippen LogP contribution in [-0.2, 0) is 11.2 Å². The quantitative estimate of drug-likeness (QED) is 0.751. The van der Waals surface area contributed by atoms with Crippen LogP contribution in [0.4, 0.5) is 5.69 Å². The summed E-state index contributed by atoms with van der Waals surface area (Å²) in [6.45, 7) is 8.18. The molecule has 0 aliphatic heterocycles. The minimum Gasteiger partial charge on any atom is -0.464 e. The fourth-order valence-corrected chi connectivity index (χ4v) is 3.00. The van der Waals surface area contributed by atoms with Crippen LogP contribution in [0.1, 0.15) is 27.8 Å². The van der Waals surface area contributed by atoms with Crippen molar-refractivity contribution in [1.82, 2.24) is 0 Å². The number of carbonyl (C=O) groups excluding carboxylic acids is 1. The van der Waals surface area contributed by atoms with Crippen molar-refractivity contribution in [3.63, 3.8) is 0 Å². The minimum atomic E-state index is -0.0281. The molecule has 0 atom stereocenters. The predicted octanol–water partition coefficient (Wildman–Crippen LogP) is 4.85. The van der Waals surface area contributed by atoms with Crippen LogP contribution >= 0.6 is 0 Å². The Morgan fingerprint density at radius 1 is 1.04 bits per heavy atom. The second-order valence-corrected chi connectivity index (χ2v) is 6.14. The van der Waals surface area contributed by atoms with Gasteiger partial charge in [0.1, 0.15) is 5.58 Å². The number of carbonyl (C=O) groups is 1. The van der Waals surface area contributed by atoms with Gasteiger partial charge in [-0.2, -0.15) is 0 Å². The Hall–Kier alpha value is -2.55. The summed E-state index contributed by atoms with van der Waals surface area (Å²) in [6, 6.07) is 9.93. The molecule has 1 heterocycles. The molecule has 3 nitrogen and oxygen atoms in total. The van der Waals surface area contributed by atoms with Crippen LogP contribution in [0.15, 0.2) is 41.0 Å². The first-order chi connectivity index (χ1) is 11.0.